The number of hydrogen-bond donors (Lipinski definition) is 3. The molecule has 1 aliphatic heterocycles. The highest BCUT2D eigenvalue weighted by molar-refractivity contribution is 7.07. The van der Waals surface area contributed by atoms with Crippen LogP contribution in [-0.2, 0) is 21.7 Å². The number of para-hydroxylation sites is 1. The van der Waals surface area contributed by atoms with Gasteiger partial charge in [0.2, 0.25) is 0 Å². The summed E-state index contributed by atoms with van der Waals surface area (Å²) in [7, 11) is 0. The topological polar surface area (TPSA) is 87.7 Å². The molecule has 7 heteroatoms. The van der Waals surface area contributed by atoms with Crippen LogP contribution in [0, 0.1) is 0 Å². The maximum absolute atomic E-state index is 11.9. The molecule has 0 radical (unpaired) electrons. The number of aliphatic hydroxyl groups is 1. The van der Waals surface area contributed by atoms with Gasteiger partial charge in [0.15, 0.2) is 0 Å². The van der Waals surface area contributed by atoms with Gasteiger partial charge in [-0.15, -0.1) is 0 Å². The van der Waals surface area contributed by atoms with Crippen molar-refractivity contribution in [1.29, 1.82) is 0 Å². The Kier molecular flexibility index (Phi) is 4.82. The van der Waals surface area contributed by atoms with Crippen molar-refractivity contribution in [2.75, 3.05) is 13.2 Å². The molecule has 0 bridgehead atoms. The molecule has 126 valence electrons. The van der Waals surface area contributed by atoms with Gasteiger partial charge in [-0.2, -0.15) is 11.3 Å². The third-order valence-corrected chi connectivity index (χ3v) is 4.67. The smallest absolute Gasteiger partial charge is 0.309 e. The Labute approximate surface area is 143 Å². The lowest BCUT2D eigenvalue weighted by Crippen LogP contribution is -2.47. The molecule has 6 nitrogen and oxygen atoms in total. The maximum atomic E-state index is 11.9. The summed E-state index contributed by atoms with van der Waals surface area (Å²) in [4.78, 5) is 23.8. The van der Waals surface area contributed by atoms with Crippen molar-refractivity contribution in [3.8, 4) is 5.75 Å². The van der Waals surface area contributed by atoms with Gasteiger partial charge in [0.25, 0.3) is 0 Å². The lowest BCUT2D eigenvalue weighted by atomic mass is 9.88. The number of thiophene rings is 1. The Morgan fingerprint density at radius 3 is 2.79 bits per heavy atom. The van der Waals surface area contributed by atoms with E-state index >= 15 is 0 Å². The average molecular weight is 346 g/mol. The van der Waals surface area contributed by atoms with Gasteiger partial charge in [0.1, 0.15) is 11.4 Å². The molecule has 1 aromatic carbocycles. The summed E-state index contributed by atoms with van der Waals surface area (Å²) in [6, 6.07) is 9.03. The Balaban J connectivity index is 1.57. The second-order valence-corrected chi connectivity index (χ2v) is 6.40. The number of benzene rings is 1. The van der Waals surface area contributed by atoms with Crippen molar-refractivity contribution in [2.45, 2.75) is 18.6 Å². The fourth-order valence-electron chi connectivity index (χ4n) is 2.59. The summed E-state index contributed by atoms with van der Waals surface area (Å²) in [5, 5.41) is 19.7. The van der Waals surface area contributed by atoms with Gasteiger partial charge in [-0.05, 0) is 28.5 Å². The van der Waals surface area contributed by atoms with Crippen LogP contribution in [0.2, 0.25) is 0 Å². The van der Waals surface area contributed by atoms with E-state index in [2.05, 4.69) is 10.6 Å². The predicted molar refractivity (Wildman–Crippen MR) is 89.6 cm³/mol. The fourth-order valence-corrected chi connectivity index (χ4v) is 3.26. The number of hydrogen-bond acceptors (Lipinski definition) is 5. The molecule has 0 aliphatic carbocycles. The molecule has 0 spiro atoms. The van der Waals surface area contributed by atoms with E-state index in [-0.39, 0.29) is 6.54 Å². The number of nitrogens with one attached hydrogen (secondary N) is 2. The van der Waals surface area contributed by atoms with Gasteiger partial charge in [-0.25, -0.2) is 0 Å². The van der Waals surface area contributed by atoms with Gasteiger partial charge < -0.3 is 20.5 Å². The number of amides is 2. The Morgan fingerprint density at radius 1 is 1.21 bits per heavy atom. The molecule has 3 N–H and O–H groups in total. The molecule has 1 aromatic heterocycles. The molecule has 0 saturated heterocycles. The average Bonchev–Trinajstić information content (AvgIpc) is 3.11. The van der Waals surface area contributed by atoms with E-state index in [0.717, 1.165) is 5.56 Å². The van der Waals surface area contributed by atoms with Crippen LogP contribution < -0.4 is 15.4 Å². The van der Waals surface area contributed by atoms with Gasteiger partial charge >= 0.3 is 11.8 Å². The van der Waals surface area contributed by atoms with Crippen LogP contribution >= 0.6 is 11.3 Å². The summed E-state index contributed by atoms with van der Waals surface area (Å²) in [6.07, 6.45) is 0.348. The van der Waals surface area contributed by atoms with E-state index in [1.165, 1.54) is 11.3 Å². The maximum Gasteiger partial charge on any atom is 0.309 e. The third-order valence-electron chi connectivity index (χ3n) is 3.94. The van der Waals surface area contributed by atoms with Gasteiger partial charge in [-0.1, -0.05) is 18.2 Å². The highest BCUT2D eigenvalue weighted by Gasteiger charge is 2.36. The number of carbonyl (C=O) groups excluding carboxylic acids is 2. The summed E-state index contributed by atoms with van der Waals surface area (Å²) >= 11 is 1.52. The van der Waals surface area contributed by atoms with E-state index in [9.17, 15) is 14.7 Å². The van der Waals surface area contributed by atoms with Crippen molar-refractivity contribution in [1.82, 2.24) is 10.6 Å². The largest absolute Gasteiger partial charge is 0.493 e. The lowest BCUT2D eigenvalue weighted by molar-refractivity contribution is -0.140. The van der Waals surface area contributed by atoms with Crippen molar-refractivity contribution < 1.29 is 19.4 Å². The second kappa shape index (κ2) is 7.02. The van der Waals surface area contributed by atoms with Crippen molar-refractivity contribution in [2.24, 2.45) is 0 Å². The lowest BCUT2D eigenvalue weighted by Gasteiger charge is -2.34. The SMILES string of the molecule is O=C(NCc1ccsc1)C(=O)NCC1(O)CCOc2ccccc21. The molecular formula is C17H18N2O4S. The molecule has 0 saturated carbocycles. The van der Waals surface area contributed by atoms with E-state index < -0.39 is 17.4 Å². The van der Waals surface area contributed by atoms with Crippen LogP contribution in [0.3, 0.4) is 0 Å². The molecule has 1 aliphatic rings. The number of fused-ring (bicyclic) bond motifs is 1. The zero-order valence-corrected chi connectivity index (χ0v) is 13.8. The Bertz CT molecular complexity index is 732. The normalized spacial score (nSPS) is 19.0. The van der Waals surface area contributed by atoms with Crippen LogP contribution in [-0.4, -0.2) is 30.1 Å². The van der Waals surface area contributed by atoms with Gasteiger partial charge in [-0.3, -0.25) is 9.59 Å². The fraction of sp³-hybridized carbons (Fsp3) is 0.294. The minimum absolute atomic E-state index is 0.0436. The molecule has 1 atom stereocenters. The van der Waals surface area contributed by atoms with Crippen molar-refractivity contribution in [3.05, 3.63) is 52.2 Å². The first kappa shape index (κ1) is 16.5. The van der Waals surface area contributed by atoms with Gasteiger partial charge in [0, 0.05) is 18.5 Å². The standard InChI is InChI=1S/C17H18N2O4S/c20-15(18-9-12-5-8-24-10-12)16(21)19-11-17(22)6-7-23-14-4-2-1-3-13(14)17/h1-5,8,10,22H,6-7,9,11H2,(H,18,20)(H,19,21). The summed E-state index contributed by atoms with van der Waals surface area (Å²) in [5.41, 5.74) is 0.325. The number of carbonyl (C=O) groups is 2. The molecule has 2 aromatic rings. The third kappa shape index (κ3) is 3.58. The van der Waals surface area contributed by atoms with Crippen molar-refractivity contribution in [3.63, 3.8) is 0 Å². The summed E-state index contributed by atoms with van der Waals surface area (Å²) in [5.74, 6) is -0.879. The molecule has 3 rings (SSSR count). The van der Waals surface area contributed by atoms with Crippen LogP contribution in [0.15, 0.2) is 41.1 Å². The first-order chi connectivity index (χ1) is 11.6. The molecule has 0 fully saturated rings. The van der Waals surface area contributed by atoms with Crippen LogP contribution in [0.4, 0.5) is 0 Å². The zero-order chi connectivity index (χ0) is 17.0. The van der Waals surface area contributed by atoms with Crippen LogP contribution in [0.5, 0.6) is 5.75 Å². The molecule has 1 unspecified atom stereocenters. The van der Waals surface area contributed by atoms with E-state index in [4.69, 9.17) is 4.74 Å². The molecular weight excluding hydrogens is 328 g/mol. The minimum Gasteiger partial charge on any atom is -0.493 e. The monoisotopic (exact) mass is 346 g/mol. The molecule has 24 heavy (non-hydrogen) atoms. The van der Waals surface area contributed by atoms with Crippen LogP contribution in [0.25, 0.3) is 0 Å². The van der Waals surface area contributed by atoms with Gasteiger partial charge in [0.05, 0.1) is 13.2 Å². The van der Waals surface area contributed by atoms with E-state index in [0.29, 0.717) is 30.9 Å². The number of ether oxygens (including phenoxy) is 1. The summed E-state index contributed by atoms with van der Waals surface area (Å²) in [6.45, 7) is 0.614. The zero-order valence-electron chi connectivity index (χ0n) is 13.0. The Morgan fingerprint density at radius 2 is 2.00 bits per heavy atom. The molecule has 2 amide bonds. The molecule has 2 heterocycles. The van der Waals surface area contributed by atoms with Crippen molar-refractivity contribution >= 4 is 23.2 Å². The van der Waals surface area contributed by atoms with E-state index in [1.807, 2.05) is 22.9 Å². The summed E-state index contributed by atoms with van der Waals surface area (Å²) < 4.78 is 5.50. The quantitative estimate of drug-likeness (QED) is 0.725. The van der Waals surface area contributed by atoms with E-state index in [1.54, 1.807) is 18.2 Å². The highest BCUT2D eigenvalue weighted by atomic mass is 32.1. The highest BCUT2D eigenvalue weighted by Crippen LogP contribution is 2.36. The predicted octanol–water partition coefficient (Wildman–Crippen LogP) is 1.15. The first-order valence-corrected chi connectivity index (χ1v) is 8.54. The number of rotatable bonds is 4. The Hall–Kier alpha value is -2.38. The van der Waals surface area contributed by atoms with Crippen LogP contribution in [0.1, 0.15) is 17.5 Å². The second-order valence-electron chi connectivity index (χ2n) is 5.62. The minimum atomic E-state index is -1.24. The first-order valence-electron chi connectivity index (χ1n) is 7.60.